The van der Waals surface area contributed by atoms with E-state index in [0.29, 0.717) is 5.92 Å². The molecule has 0 atom stereocenters. The standard InChI is InChI=1S/C14H16NO.Sb/c1-9(2)13-8-15-16-14(13)12-6-5-10(3)11(4)7-12;/h5-7,9H,1-4H3;. The summed E-state index contributed by atoms with van der Waals surface area (Å²) in [4.78, 5) is 0. The Balaban J connectivity index is 2.56. The van der Waals surface area contributed by atoms with Crippen LogP contribution in [0.2, 0.25) is 0 Å². The Morgan fingerprint density at radius 1 is 1.18 bits per heavy atom. The molecule has 0 saturated carbocycles. The number of hydrogen-bond acceptors (Lipinski definition) is 2. The van der Waals surface area contributed by atoms with Gasteiger partial charge in [-0.3, -0.25) is 0 Å². The van der Waals surface area contributed by atoms with E-state index in [1.54, 1.807) is 23.0 Å². The number of benzene rings is 1. The molecule has 0 bridgehead atoms. The van der Waals surface area contributed by atoms with Crippen LogP contribution >= 0.6 is 0 Å². The van der Waals surface area contributed by atoms with Crippen molar-refractivity contribution in [1.82, 2.24) is 5.16 Å². The van der Waals surface area contributed by atoms with Crippen LogP contribution in [0.1, 0.15) is 36.5 Å². The summed E-state index contributed by atoms with van der Waals surface area (Å²) < 4.78 is 6.54. The molecule has 2 rings (SSSR count). The van der Waals surface area contributed by atoms with Gasteiger partial charge in [0.15, 0.2) is 0 Å². The molecule has 88 valence electrons. The SMILES string of the molecule is Cc1ccc(-c2on[c]([Sb])c2C(C)C)cc1C. The van der Waals surface area contributed by atoms with Gasteiger partial charge in [0, 0.05) is 0 Å². The third kappa shape index (κ3) is 2.42. The molecule has 2 aromatic rings. The Hall–Kier alpha value is -0.752. The Bertz CT molecular complexity index is 543. The van der Waals surface area contributed by atoms with Crippen LogP contribution in [0.5, 0.6) is 0 Å². The van der Waals surface area contributed by atoms with Crippen LogP contribution in [-0.4, -0.2) is 28.2 Å². The van der Waals surface area contributed by atoms with Gasteiger partial charge in [-0.25, -0.2) is 0 Å². The van der Waals surface area contributed by atoms with Crippen molar-refractivity contribution in [3.05, 3.63) is 34.9 Å². The molecule has 17 heavy (non-hydrogen) atoms. The summed E-state index contributed by atoms with van der Waals surface area (Å²) in [7, 11) is 0. The third-order valence-electron chi connectivity index (χ3n) is 3.06. The van der Waals surface area contributed by atoms with Crippen LogP contribution < -0.4 is 3.64 Å². The van der Waals surface area contributed by atoms with Crippen molar-refractivity contribution in [2.75, 3.05) is 0 Å². The third-order valence-corrected chi connectivity index (χ3v) is 3.98. The monoisotopic (exact) mass is 335 g/mol. The van der Waals surface area contributed by atoms with E-state index in [-0.39, 0.29) is 0 Å². The first-order chi connectivity index (χ1) is 8.00. The molecular formula is C14H16NOSb. The van der Waals surface area contributed by atoms with E-state index in [0.717, 1.165) is 15.0 Å². The van der Waals surface area contributed by atoms with Gasteiger partial charge in [0.2, 0.25) is 0 Å². The van der Waals surface area contributed by atoms with Crippen LogP contribution in [-0.2, 0) is 0 Å². The fourth-order valence-corrected chi connectivity index (χ4v) is 3.04. The molecule has 0 fully saturated rings. The van der Waals surface area contributed by atoms with Gasteiger partial charge in [-0.05, 0) is 0 Å². The minimum atomic E-state index is 0.441. The van der Waals surface area contributed by atoms with Gasteiger partial charge in [-0.1, -0.05) is 0 Å². The molecule has 0 saturated heterocycles. The predicted molar refractivity (Wildman–Crippen MR) is 70.9 cm³/mol. The first kappa shape index (κ1) is 12.7. The number of hydrogen-bond donors (Lipinski definition) is 0. The van der Waals surface area contributed by atoms with Crippen LogP contribution in [0.3, 0.4) is 0 Å². The average molecular weight is 336 g/mol. The summed E-state index contributed by atoms with van der Waals surface area (Å²) in [6.45, 7) is 8.60. The summed E-state index contributed by atoms with van der Waals surface area (Å²) in [6, 6.07) is 6.42. The van der Waals surface area contributed by atoms with Crippen molar-refractivity contribution in [3.63, 3.8) is 0 Å². The van der Waals surface area contributed by atoms with E-state index in [1.807, 2.05) is 0 Å². The molecular weight excluding hydrogens is 320 g/mol. The number of nitrogens with zero attached hydrogens (tertiary/aromatic N) is 1. The van der Waals surface area contributed by atoms with E-state index in [9.17, 15) is 0 Å². The molecule has 1 aromatic carbocycles. The quantitative estimate of drug-likeness (QED) is 0.789. The van der Waals surface area contributed by atoms with Crippen LogP contribution in [0.4, 0.5) is 0 Å². The van der Waals surface area contributed by atoms with E-state index >= 15 is 0 Å². The van der Waals surface area contributed by atoms with Gasteiger partial charge in [-0.2, -0.15) is 0 Å². The normalized spacial score (nSPS) is 11.2. The molecule has 2 radical (unpaired) electrons. The molecule has 0 aliphatic carbocycles. The molecule has 0 aliphatic heterocycles. The number of aryl methyl sites for hydroxylation is 2. The Morgan fingerprint density at radius 2 is 1.88 bits per heavy atom. The average Bonchev–Trinajstić information content (AvgIpc) is 2.64. The first-order valence-electron chi connectivity index (χ1n) is 5.77. The zero-order chi connectivity index (χ0) is 12.6. The van der Waals surface area contributed by atoms with Crippen molar-refractivity contribution in [2.45, 2.75) is 33.6 Å². The molecule has 0 N–H and O–H groups in total. The van der Waals surface area contributed by atoms with Crippen molar-refractivity contribution in [3.8, 4) is 11.3 Å². The van der Waals surface area contributed by atoms with Gasteiger partial charge >= 0.3 is 116 Å². The Kier molecular flexibility index (Phi) is 3.63. The van der Waals surface area contributed by atoms with Crippen molar-refractivity contribution in [1.29, 1.82) is 0 Å². The fraction of sp³-hybridized carbons (Fsp3) is 0.357. The number of rotatable bonds is 2. The molecule has 0 aliphatic rings. The molecule has 3 heteroatoms. The van der Waals surface area contributed by atoms with Gasteiger partial charge in [-0.15, -0.1) is 0 Å². The van der Waals surface area contributed by atoms with Gasteiger partial charge in [0.05, 0.1) is 0 Å². The fourth-order valence-electron chi connectivity index (χ4n) is 1.90. The summed E-state index contributed by atoms with van der Waals surface area (Å²) in [5.41, 5.74) is 4.96. The van der Waals surface area contributed by atoms with Crippen LogP contribution in [0.25, 0.3) is 11.3 Å². The Morgan fingerprint density at radius 3 is 2.47 bits per heavy atom. The van der Waals surface area contributed by atoms with Crippen LogP contribution in [0.15, 0.2) is 22.7 Å². The topological polar surface area (TPSA) is 26.0 Å². The maximum absolute atomic E-state index is 5.50. The molecule has 2 nitrogen and oxygen atoms in total. The van der Waals surface area contributed by atoms with Gasteiger partial charge in [0.25, 0.3) is 0 Å². The molecule has 0 amide bonds. The van der Waals surface area contributed by atoms with Crippen molar-refractivity contribution in [2.24, 2.45) is 0 Å². The van der Waals surface area contributed by atoms with Gasteiger partial charge < -0.3 is 0 Å². The second kappa shape index (κ2) is 4.86. The molecule has 0 spiro atoms. The second-order valence-corrected chi connectivity index (χ2v) is 5.91. The summed E-state index contributed by atoms with van der Waals surface area (Å²) >= 11 is 1.62. The Labute approximate surface area is 116 Å². The summed E-state index contributed by atoms with van der Waals surface area (Å²) in [5, 5.41) is 4.11. The predicted octanol–water partition coefficient (Wildman–Crippen LogP) is 2.88. The van der Waals surface area contributed by atoms with Gasteiger partial charge in [0.1, 0.15) is 0 Å². The van der Waals surface area contributed by atoms with E-state index in [1.165, 1.54) is 16.7 Å². The summed E-state index contributed by atoms with van der Waals surface area (Å²) in [6.07, 6.45) is 0. The molecule has 0 unspecified atom stereocenters. The number of aromatic nitrogens is 1. The zero-order valence-corrected chi connectivity index (χ0v) is 13.2. The van der Waals surface area contributed by atoms with Crippen molar-refractivity contribution >= 4 is 26.7 Å². The second-order valence-electron chi connectivity index (χ2n) is 4.70. The van der Waals surface area contributed by atoms with Crippen molar-refractivity contribution < 1.29 is 4.52 Å². The zero-order valence-electron chi connectivity index (χ0n) is 10.6. The van der Waals surface area contributed by atoms with E-state index in [4.69, 9.17) is 4.52 Å². The van der Waals surface area contributed by atoms with E-state index < -0.39 is 0 Å². The van der Waals surface area contributed by atoms with E-state index in [2.05, 4.69) is 51.1 Å². The molecule has 1 heterocycles. The first-order valence-corrected chi connectivity index (χ1v) is 7.04. The minimum absolute atomic E-state index is 0.441. The molecule has 1 aromatic heterocycles. The summed E-state index contributed by atoms with van der Waals surface area (Å²) in [5.74, 6) is 1.37. The maximum atomic E-state index is 5.50. The van der Waals surface area contributed by atoms with Crippen LogP contribution in [0, 0.1) is 13.8 Å².